The quantitative estimate of drug-likeness (QED) is 0.0349. The van der Waals surface area contributed by atoms with Crippen LogP contribution in [0.1, 0.15) is 152 Å². The molecule has 4 amide bonds. The van der Waals surface area contributed by atoms with E-state index in [1.165, 1.54) is 52.2 Å². The Morgan fingerprint density at radius 1 is 0.509 bits per heavy atom. The van der Waals surface area contributed by atoms with E-state index in [1.807, 2.05) is 32.1 Å². The summed E-state index contributed by atoms with van der Waals surface area (Å²) in [5, 5.41) is 21.0. The lowest BCUT2D eigenvalue weighted by Gasteiger charge is -2.38. The Hall–Kier alpha value is -8.96. The van der Waals surface area contributed by atoms with Crippen LogP contribution in [0, 0.1) is 17.8 Å². The zero-order chi connectivity index (χ0) is 76.5. The maximum atomic E-state index is 13.3. The van der Waals surface area contributed by atoms with E-state index in [9.17, 15) is 28.8 Å². The van der Waals surface area contributed by atoms with Gasteiger partial charge >= 0.3 is 29.6 Å². The molecule has 3 aliphatic rings. The van der Waals surface area contributed by atoms with Crippen molar-refractivity contribution in [1.29, 1.82) is 0 Å². The molecule has 0 saturated carbocycles. The van der Waals surface area contributed by atoms with Crippen LogP contribution in [0.3, 0.4) is 0 Å². The van der Waals surface area contributed by atoms with Gasteiger partial charge < -0.3 is 62.8 Å². The molecule has 0 unspecified atom stereocenters. The second kappa shape index (κ2) is 38.0. The van der Waals surface area contributed by atoms with Gasteiger partial charge in [0.05, 0.1) is 81.5 Å². The Kier molecular flexibility index (Phi) is 29.1. The summed E-state index contributed by atoms with van der Waals surface area (Å²) in [5.41, 5.74) is 27.9. The second-order valence-electron chi connectivity index (χ2n) is 28.9. The minimum Gasteiger partial charge on any atom is -0.475 e. The maximum absolute atomic E-state index is 13.3. The number of anilines is 5. The molecule has 566 valence electrons. The molecule has 9 aromatic rings. The third-order valence-corrected chi connectivity index (χ3v) is 22.7. The number of carbonyl (C=O) groups is 6. The molecule has 3 fully saturated rings. The van der Waals surface area contributed by atoms with E-state index >= 15 is 0 Å². The molecule has 0 aliphatic carbocycles. The zero-order valence-electron chi connectivity index (χ0n) is 63.3. The number of fused-ring (bicyclic) bond motifs is 3. The summed E-state index contributed by atoms with van der Waals surface area (Å²) in [5.74, 6) is -1.88. The number of ketones is 1. The van der Waals surface area contributed by atoms with Crippen LogP contribution in [0.4, 0.5) is 28.8 Å². The standard InChI is InChI=1S/2C26H34N6O2S.C17H25N3S.C10H12N2O3/c2*1-5-17-12-19(14-28-24(17)27)29-25(33)26(34)32-15-16(2)6-8-21(32)18-7-9-22-20(13-18)30-23(35-22)10-11-31(3)4;1-12-4-6-14(18-11-12)13-5-7-16-15(10-13)19-17(21-16)8-9-20(2)3;1-2-7-3-6(5-12-9(7)11)4-8(13)10(14)15/h2*7,9,12-14,16,21H,5-6,8,10-11,15H2,1-4H3,(H2,27,28)(H,29,33);5,7,10,12,14,18H,4,6,8-9,11H2,1-3H3;3,5H,2,4H2,1H3,(H2,11,12)(H,14,15)/t2*16-,21+;12-,14+;/m101./s1. The van der Waals surface area contributed by atoms with E-state index in [2.05, 4.69) is 163 Å². The van der Waals surface area contributed by atoms with E-state index in [0.717, 1.165) is 135 Å². The third kappa shape index (κ3) is 22.3. The fourth-order valence-electron chi connectivity index (χ4n) is 13.2. The number of hydrogen-bond acceptors (Lipinski definition) is 22. The number of Topliss-reactive ketones (excluding diaryl/α,β-unsaturated/α-hetero) is 1. The number of nitrogens with one attached hydrogen (secondary N) is 3. The number of nitrogens with two attached hydrogens (primary N) is 3. The van der Waals surface area contributed by atoms with Crippen LogP contribution in [0.5, 0.6) is 0 Å². The number of hydrogen-bond donors (Lipinski definition) is 7. The molecule has 3 saturated heterocycles. The number of benzene rings is 3. The van der Waals surface area contributed by atoms with Crippen molar-refractivity contribution in [3.05, 3.63) is 145 Å². The van der Waals surface area contributed by atoms with Gasteiger partial charge in [0, 0.05) is 70.6 Å². The molecule has 3 aromatic carbocycles. The van der Waals surface area contributed by atoms with Gasteiger partial charge in [0.1, 0.15) is 17.5 Å². The van der Waals surface area contributed by atoms with Crippen molar-refractivity contribution in [3.63, 3.8) is 0 Å². The van der Waals surface area contributed by atoms with Crippen molar-refractivity contribution in [2.24, 2.45) is 17.8 Å². The molecular weight excluding hydrogens is 1400 g/mol. The number of piperidine rings is 3. The van der Waals surface area contributed by atoms with Gasteiger partial charge in [-0.2, -0.15) is 0 Å². The lowest BCUT2D eigenvalue weighted by atomic mass is 9.89. The van der Waals surface area contributed by atoms with Crippen LogP contribution in [0.15, 0.2) is 91.4 Å². The topological polar surface area (TPSA) is 330 Å². The van der Waals surface area contributed by atoms with Crippen molar-refractivity contribution in [2.45, 2.75) is 143 Å². The smallest absolute Gasteiger partial charge is 0.372 e. The molecule has 27 heteroatoms. The number of nitrogen functional groups attached to an aromatic ring is 3. The van der Waals surface area contributed by atoms with Gasteiger partial charge in [-0.05, 0) is 212 Å². The van der Waals surface area contributed by atoms with Crippen LogP contribution >= 0.6 is 34.0 Å². The number of aromatic nitrogens is 6. The van der Waals surface area contributed by atoms with Gasteiger partial charge in [-0.15, -0.1) is 34.0 Å². The molecule has 9 heterocycles. The average Bonchev–Trinajstić information content (AvgIpc) is 1.42. The highest BCUT2D eigenvalue weighted by Gasteiger charge is 2.37. The Morgan fingerprint density at radius 3 is 1.26 bits per heavy atom. The van der Waals surface area contributed by atoms with E-state index < -0.39 is 35.4 Å². The van der Waals surface area contributed by atoms with Gasteiger partial charge in [0.15, 0.2) is 0 Å². The average molecular weight is 1500 g/mol. The number of carbonyl (C=O) groups excluding carboxylic acids is 5. The molecular formula is C79H105N17O7S3. The summed E-state index contributed by atoms with van der Waals surface area (Å²) in [4.78, 5) is 110. The van der Waals surface area contributed by atoms with Crippen molar-refractivity contribution in [2.75, 3.05) is 109 Å². The highest BCUT2D eigenvalue weighted by atomic mass is 32.1. The normalized spacial score (nSPS) is 18.0. The first-order valence-corrected chi connectivity index (χ1v) is 39.2. The van der Waals surface area contributed by atoms with E-state index in [4.69, 9.17) is 37.3 Å². The van der Waals surface area contributed by atoms with Crippen LogP contribution in [-0.4, -0.2) is 176 Å². The summed E-state index contributed by atoms with van der Waals surface area (Å²) in [6, 6.07) is 24.8. The van der Waals surface area contributed by atoms with Gasteiger partial charge in [0.2, 0.25) is 5.78 Å². The largest absolute Gasteiger partial charge is 0.475 e. The molecule has 0 radical (unpaired) electrons. The van der Waals surface area contributed by atoms with Crippen LogP contribution in [0.25, 0.3) is 30.6 Å². The molecule has 24 nitrogen and oxygen atoms in total. The zero-order valence-corrected chi connectivity index (χ0v) is 65.8. The number of aryl methyl sites for hydroxylation is 3. The molecule has 106 heavy (non-hydrogen) atoms. The Bertz CT molecular complexity index is 4340. The third-order valence-electron chi connectivity index (χ3n) is 19.4. The molecule has 12 rings (SSSR count). The van der Waals surface area contributed by atoms with Crippen molar-refractivity contribution in [3.8, 4) is 0 Å². The number of nitrogens with zero attached hydrogens (tertiary/aromatic N) is 11. The Balaban J connectivity index is 0.000000172. The number of aliphatic carboxylic acids is 1. The first-order valence-electron chi connectivity index (χ1n) is 36.7. The number of likely N-dealkylation sites (N-methyl/N-ethyl adjacent to an activating group) is 3. The van der Waals surface area contributed by atoms with E-state index in [1.54, 1.807) is 50.7 Å². The fraction of sp³-hybridized carbons (Fsp3) is 0.468. The second-order valence-corrected chi connectivity index (χ2v) is 32.3. The number of likely N-dealkylation sites (tertiary alicyclic amines) is 2. The number of thiazole rings is 3. The summed E-state index contributed by atoms with van der Waals surface area (Å²) >= 11 is 5.27. The number of pyridine rings is 3. The monoisotopic (exact) mass is 1500 g/mol. The molecule has 0 bridgehead atoms. The summed E-state index contributed by atoms with van der Waals surface area (Å²) < 4.78 is 3.60. The summed E-state index contributed by atoms with van der Waals surface area (Å²) in [6.45, 7) is 17.6. The lowest BCUT2D eigenvalue weighted by molar-refractivity contribution is -0.148. The summed E-state index contributed by atoms with van der Waals surface area (Å²) in [7, 11) is 12.5. The highest BCUT2D eigenvalue weighted by Crippen LogP contribution is 2.39. The highest BCUT2D eigenvalue weighted by molar-refractivity contribution is 7.19. The van der Waals surface area contributed by atoms with Gasteiger partial charge in [-0.1, -0.05) is 65.8 Å². The first kappa shape index (κ1) is 81.1. The van der Waals surface area contributed by atoms with Crippen molar-refractivity contribution >= 4 is 129 Å². The number of rotatable bonds is 20. The molecule has 6 aromatic heterocycles. The van der Waals surface area contributed by atoms with E-state index in [0.29, 0.717) is 84.6 Å². The minimum absolute atomic E-state index is 0.143. The molecule has 3 aliphatic heterocycles. The Morgan fingerprint density at radius 2 is 0.887 bits per heavy atom. The molecule has 6 atom stereocenters. The molecule has 10 N–H and O–H groups in total. The van der Waals surface area contributed by atoms with Gasteiger partial charge in [0.25, 0.3) is 0 Å². The Labute approximate surface area is 634 Å². The van der Waals surface area contributed by atoms with Crippen molar-refractivity contribution < 1.29 is 33.9 Å². The fourth-order valence-corrected chi connectivity index (χ4v) is 16.0. The first-order chi connectivity index (χ1) is 50.6. The minimum atomic E-state index is -1.43. The van der Waals surface area contributed by atoms with Gasteiger partial charge in [-0.25, -0.2) is 34.7 Å². The van der Waals surface area contributed by atoms with Crippen LogP contribution in [0.2, 0.25) is 0 Å². The van der Waals surface area contributed by atoms with Crippen molar-refractivity contribution in [1.82, 2.24) is 59.7 Å². The summed E-state index contributed by atoms with van der Waals surface area (Å²) in [6.07, 6.45) is 15.4. The van der Waals surface area contributed by atoms with Gasteiger partial charge in [-0.3, -0.25) is 24.0 Å². The number of carboxylic acids is 1. The SMILES string of the molecule is CCc1cc(CC(=O)C(=O)O)cnc1N.CCc1cc(NC(=O)C(=O)N2C[C@@H](C)CC[C@@H]2c2ccc3sc(CCN(C)C)nc3c2)cnc1N.CCc1cc(NC(=O)C(=O)N2C[C@H](C)CC[C@H]2c2ccc3sc(CCN(C)C)nc3c2)cnc1N.C[C@@H]1CC[C@@H](c2ccc3sc(CCN(C)C)nc3c2)NC1. The van der Waals surface area contributed by atoms with E-state index in [-0.39, 0.29) is 18.5 Å². The maximum Gasteiger partial charge on any atom is 0.372 e. The molecule has 0 spiro atoms. The predicted octanol–water partition coefficient (Wildman–Crippen LogP) is 11.6. The lowest BCUT2D eigenvalue weighted by Crippen LogP contribution is -2.46. The number of carboxylic acid groups (broad SMARTS) is 1. The van der Waals surface area contributed by atoms with Crippen LogP contribution in [-0.2, 0) is 73.7 Å². The van der Waals surface area contributed by atoms with Crippen LogP contribution < -0.4 is 33.2 Å². The number of amides is 4. The predicted molar refractivity (Wildman–Crippen MR) is 428 cm³/mol.